The van der Waals surface area contributed by atoms with Crippen LogP contribution < -0.4 is 5.73 Å². The first kappa shape index (κ1) is 11.2. The first-order valence-corrected chi connectivity index (χ1v) is 5.13. The largest absolute Gasteiger partial charge is 0.330 e. The lowest BCUT2D eigenvalue weighted by Crippen LogP contribution is -2.20. The lowest BCUT2D eigenvalue weighted by Gasteiger charge is -2.18. The summed E-state index contributed by atoms with van der Waals surface area (Å²) in [5, 5.41) is 8.41. The van der Waals surface area contributed by atoms with E-state index in [4.69, 9.17) is 5.73 Å². The minimum atomic E-state index is 0.0514. The van der Waals surface area contributed by atoms with Gasteiger partial charge in [-0.1, -0.05) is 20.8 Å². The normalized spacial score (nSPS) is 12.1. The van der Waals surface area contributed by atoms with Crippen LogP contribution in [0.25, 0.3) is 0 Å². The van der Waals surface area contributed by atoms with Crippen molar-refractivity contribution in [2.45, 2.75) is 46.1 Å². The Bertz CT molecular complexity index is 296. The quantitative estimate of drug-likeness (QED) is 0.787. The molecule has 0 aliphatic heterocycles. The molecule has 0 bridgehead atoms. The van der Waals surface area contributed by atoms with E-state index in [2.05, 4.69) is 42.5 Å². The molecule has 80 valence electrons. The molecular weight excluding hydrogens is 176 g/mol. The van der Waals surface area contributed by atoms with Crippen LogP contribution >= 0.6 is 0 Å². The van der Waals surface area contributed by atoms with E-state index in [9.17, 15) is 0 Å². The number of aromatic nitrogens is 3. The molecule has 4 nitrogen and oxygen atoms in total. The zero-order valence-electron chi connectivity index (χ0n) is 9.54. The predicted octanol–water partition coefficient (Wildman–Crippen LogP) is 1.10. The molecule has 0 radical (unpaired) electrons. The Morgan fingerprint density at radius 2 is 1.93 bits per heavy atom. The van der Waals surface area contributed by atoms with Crippen LogP contribution in [0.2, 0.25) is 0 Å². The average Bonchev–Trinajstić information content (AvgIpc) is 2.47. The Hall–Kier alpha value is -0.900. The molecule has 0 aliphatic rings. The zero-order chi connectivity index (χ0) is 10.8. The molecule has 0 fully saturated rings. The standard InChI is InChI=1S/C10H20N4/c1-5-14-8(6-7-11)12-13-9(14)10(2,3)4/h5-7,11H2,1-4H3. The second-order valence-electron chi connectivity index (χ2n) is 4.47. The van der Waals surface area contributed by atoms with Gasteiger partial charge >= 0.3 is 0 Å². The third kappa shape index (κ3) is 2.12. The van der Waals surface area contributed by atoms with Gasteiger partial charge in [0.2, 0.25) is 0 Å². The molecule has 0 saturated carbocycles. The van der Waals surface area contributed by atoms with Gasteiger partial charge in [-0.3, -0.25) is 0 Å². The van der Waals surface area contributed by atoms with Gasteiger partial charge in [0.25, 0.3) is 0 Å². The molecular formula is C10H20N4. The molecule has 1 aromatic rings. The average molecular weight is 196 g/mol. The van der Waals surface area contributed by atoms with Crippen LogP contribution in [-0.4, -0.2) is 21.3 Å². The fraction of sp³-hybridized carbons (Fsp3) is 0.800. The molecule has 2 N–H and O–H groups in total. The van der Waals surface area contributed by atoms with Gasteiger partial charge < -0.3 is 10.3 Å². The van der Waals surface area contributed by atoms with E-state index in [1.165, 1.54) is 0 Å². The molecule has 0 unspecified atom stereocenters. The molecule has 0 aliphatic carbocycles. The fourth-order valence-electron chi connectivity index (χ4n) is 1.54. The van der Waals surface area contributed by atoms with E-state index < -0.39 is 0 Å². The van der Waals surface area contributed by atoms with E-state index in [1.54, 1.807) is 0 Å². The molecule has 0 atom stereocenters. The van der Waals surface area contributed by atoms with Crippen LogP contribution in [0.4, 0.5) is 0 Å². The summed E-state index contributed by atoms with van der Waals surface area (Å²) < 4.78 is 2.16. The summed E-state index contributed by atoms with van der Waals surface area (Å²) in [6, 6.07) is 0. The van der Waals surface area contributed by atoms with Crippen molar-refractivity contribution < 1.29 is 0 Å². The third-order valence-electron chi connectivity index (χ3n) is 2.18. The SMILES string of the molecule is CCn1c(CCN)nnc1C(C)(C)C. The van der Waals surface area contributed by atoms with Crippen molar-refractivity contribution in [1.82, 2.24) is 14.8 Å². The van der Waals surface area contributed by atoms with Crippen LogP contribution in [0.5, 0.6) is 0 Å². The lowest BCUT2D eigenvalue weighted by atomic mass is 9.95. The molecule has 0 aromatic carbocycles. The zero-order valence-corrected chi connectivity index (χ0v) is 9.54. The van der Waals surface area contributed by atoms with Crippen LogP contribution in [-0.2, 0) is 18.4 Å². The van der Waals surface area contributed by atoms with Crippen molar-refractivity contribution in [2.75, 3.05) is 6.54 Å². The minimum Gasteiger partial charge on any atom is -0.330 e. The van der Waals surface area contributed by atoms with Gasteiger partial charge in [0.1, 0.15) is 11.6 Å². The van der Waals surface area contributed by atoms with Gasteiger partial charge in [-0.25, -0.2) is 0 Å². The maximum Gasteiger partial charge on any atom is 0.138 e. The van der Waals surface area contributed by atoms with Crippen molar-refractivity contribution in [3.05, 3.63) is 11.6 Å². The smallest absolute Gasteiger partial charge is 0.138 e. The van der Waals surface area contributed by atoms with Gasteiger partial charge in [0.05, 0.1) is 0 Å². The highest BCUT2D eigenvalue weighted by atomic mass is 15.3. The molecule has 0 amide bonds. The van der Waals surface area contributed by atoms with Crippen molar-refractivity contribution >= 4 is 0 Å². The highest BCUT2D eigenvalue weighted by Gasteiger charge is 2.22. The van der Waals surface area contributed by atoms with E-state index in [0.717, 1.165) is 24.6 Å². The van der Waals surface area contributed by atoms with Gasteiger partial charge in [-0.05, 0) is 13.5 Å². The topological polar surface area (TPSA) is 56.7 Å². The molecule has 14 heavy (non-hydrogen) atoms. The fourth-order valence-corrected chi connectivity index (χ4v) is 1.54. The Labute approximate surface area is 85.5 Å². The first-order chi connectivity index (χ1) is 6.50. The lowest BCUT2D eigenvalue weighted by molar-refractivity contribution is 0.499. The number of nitrogens with two attached hydrogens (primary N) is 1. The van der Waals surface area contributed by atoms with Gasteiger partial charge in [-0.2, -0.15) is 0 Å². The highest BCUT2D eigenvalue weighted by Crippen LogP contribution is 2.20. The molecule has 4 heteroatoms. The first-order valence-electron chi connectivity index (χ1n) is 5.13. The van der Waals surface area contributed by atoms with Gasteiger partial charge in [0, 0.05) is 18.4 Å². The number of nitrogens with zero attached hydrogens (tertiary/aromatic N) is 3. The number of hydrogen-bond donors (Lipinski definition) is 1. The number of rotatable bonds is 3. The highest BCUT2D eigenvalue weighted by molar-refractivity contribution is 5.06. The van der Waals surface area contributed by atoms with Gasteiger partial charge in [0.15, 0.2) is 0 Å². The second-order valence-corrected chi connectivity index (χ2v) is 4.47. The van der Waals surface area contributed by atoms with Crippen molar-refractivity contribution in [3.63, 3.8) is 0 Å². The van der Waals surface area contributed by atoms with Crippen LogP contribution in [0.15, 0.2) is 0 Å². The molecule has 0 saturated heterocycles. The Kier molecular flexibility index (Phi) is 3.26. The van der Waals surface area contributed by atoms with E-state index in [-0.39, 0.29) is 5.41 Å². The van der Waals surface area contributed by atoms with Gasteiger partial charge in [-0.15, -0.1) is 10.2 Å². The maximum absolute atomic E-state index is 5.52. The van der Waals surface area contributed by atoms with Crippen LogP contribution in [0.3, 0.4) is 0 Å². The maximum atomic E-state index is 5.52. The number of hydrogen-bond acceptors (Lipinski definition) is 3. The summed E-state index contributed by atoms with van der Waals surface area (Å²) in [5.74, 6) is 2.04. The summed E-state index contributed by atoms with van der Waals surface area (Å²) in [7, 11) is 0. The summed E-state index contributed by atoms with van der Waals surface area (Å²) in [6.07, 6.45) is 0.803. The molecule has 1 heterocycles. The summed E-state index contributed by atoms with van der Waals surface area (Å²) in [4.78, 5) is 0. The van der Waals surface area contributed by atoms with E-state index in [1.807, 2.05) is 0 Å². The van der Waals surface area contributed by atoms with Crippen molar-refractivity contribution in [1.29, 1.82) is 0 Å². The molecule has 1 rings (SSSR count). The van der Waals surface area contributed by atoms with Crippen molar-refractivity contribution in [2.24, 2.45) is 5.73 Å². The summed E-state index contributed by atoms with van der Waals surface area (Å²) in [5.41, 5.74) is 5.57. The van der Waals surface area contributed by atoms with Crippen molar-refractivity contribution in [3.8, 4) is 0 Å². The third-order valence-corrected chi connectivity index (χ3v) is 2.18. The summed E-state index contributed by atoms with van der Waals surface area (Å²) in [6.45, 7) is 10.1. The Balaban J connectivity index is 3.07. The monoisotopic (exact) mass is 196 g/mol. The molecule has 0 spiro atoms. The van der Waals surface area contributed by atoms with E-state index >= 15 is 0 Å². The van der Waals surface area contributed by atoms with Crippen LogP contribution in [0.1, 0.15) is 39.3 Å². The Morgan fingerprint density at radius 3 is 2.36 bits per heavy atom. The Morgan fingerprint density at radius 1 is 1.29 bits per heavy atom. The summed E-state index contributed by atoms with van der Waals surface area (Å²) >= 11 is 0. The van der Waals surface area contributed by atoms with Crippen LogP contribution in [0, 0.1) is 0 Å². The second kappa shape index (κ2) is 4.09. The predicted molar refractivity (Wildman–Crippen MR) is 57.2 cm³/mol. The molecule has 1 aromatic heterocycles. The van der Waals surface area contributed by atoms with E-state index in [0.29, 0.717) is 6.54 Å². The minimum absolute atomic E-state index is 0.0514.